The summed E-state index contributed by atoms with van der Waals surface area (Å²) in [6.07, 6.45) is 3.33. The molecular weight excluding hydrogens is 395 g/mol. The Labute approximate surface area is 171 Å². The third-order valence-electron chi connectivity index (χ3n) is 4.04. The summed E-state index contributed by atoms with van der Waals surface area (Å²) in [5.74, 6) is -0.387. The molecule has 150 valence electrons. The SMILES string of the molecule is CSc1nc(-c2ccco2)nc(C)c1C(=O)N(C)CC(=O)Nc1cccc(F)c1. The van der Waals surface area contributed by atoms with E-state index in [1.54, 1.807) is 31.4 Å². The minimum absolute atomic E-state index is 0.206. The minimum Gasteiger partial charge on any atom is -0.461 e. The number of hydrogen-bond donors (Lipinski definition) is 1. The van der Waals surface area contributed by atoms with Gasteiger partial charge in [-0.2, -0.15) is 0 Å². The van der Waals surface area contributed by atoms with Crippen molar-refractivity contribution in [2.24, 2.45) is 0 Å². The maximum atomic E-state index is 13.3. The van der Waals surface area contributed by atoms with Crippen molar-refractivity contribution in [3.05, 3.63) is 59.7 Å². The highest BCUT2D eigenvalue weighted by Gasteiger charge is 2.23. The highest BCUT2D eigenvalue weighted by atomic mass is 32.2. The first-order valence-electron chi connectivity index (χ1n) is 8.66. The molecule has 0 aliphatic rings. The Balaban J connectivity index is 1.77. The molecule has 2 amide bonds. The van der Waals surface area contributed by atoms with Gasteiger partial charge in [-0.05, 0) is 43.5 Å². The summed E-state index contributed by atoms with van der Waals surface area (Å²) in [5, 5.41) is 3.06. The number of aromatic nitrogens is 2. The standard InChI is InChI=1S/C20H19FN4O3S/c1-12-17(19(29-3)24-18(22-12)15-8-5-9-28-15)20(27)25(2)11-16(26)23-14-7-4-6-13(21)10-14/h4-10H,11H2,1-3H3,(H,23,26). The first kappa shape index (κ1) is 20.5. The van der Waals surface area contributed by atoms with Crippen LogP contribution in [0.1, 0.15) is 16.1 Å². The molecule has 0 radical (unpaired) electrons. The summed E-state index contributed by atoms with van der Waals surface area (Å²) in [4.78, 5) is 35.3. The van der Waals surface area contributed by atoms with Crippen molar-refractivity contribution in [2.75, 3.05) is 25.2 Å². The molecule has 0 aliphatic carbocycles. The Bertz CT molecular complexity index is 1040. The van der Waals surface area contributed by atoms with E-state index < -0.39 is 11.7 Å². The van der Waals surface area contributed by atoms with E-state index in [2.05, 4.69) is 15.3 Å². The van der Waals surface area contributed by atoms with Crippen molar-refractivity contribution in [3.63, 3.8) is 0 Å². The lowest BCUT2D eigenvalue weighted by molar-refractivity contribution is -0.116. The second-order valence-electron chi connectivity index (χ2n) is 6.21. The van der Waals surface area contributed by atoms with E-state index in [1.165, 1.54) is 48.2 Å². The van der Waals surface area contributed by atoms with Gasteiger partial charge in [0.2, 0.25) is 5.91 Å². The molecule has 0 spiro atoms. The number of nitrogens with zero attached hydrogens (tertiary/aromatic N) is 3. The van der Waals surface area contributed by atoms with Crippen LogP contribution < -0.4 is 5.32 Å². The van der Waals surface area contributed by atoms with Gasteiger partial charge in [0.1, 0.15) is 10.8 Å². The average molecular weight is 414 g/mol. The largest absolute Gasteiger partial charge is 0.461 e. The van der Waals surface area contributed by atoms with E-state index in [0.29, 0.717) is 33.6 Å². The minimum atomic E-state index is -0.457. The van der Waals surface area contributed by atoms with Gasteiger partial charge >= 0.3 is 0 Å². The zero-order valence-electron chi connectivity index (χ0n) is 16.1. The summed E-state index contributed by atoms with van der Waals surface area (Å²) in [6.45, 7) is 1.50. The number of furan rings is 1. The van der Waals surface area contributed by atoms with Gasteiger partial charge in [-0.3, -0.25) is 9.59 Å². The first-order chi connectivity index (χ1) is 13.9. The lowest BCUT2D eigenvalue weighted by Crippen LogP contribution is -2.35. The Morgan fingerprint density at radius 2 is 2.03 bits per heavy atom. The summed E-state index contributed by atoms with van der Waals surface area (Å²) in [5.41, 5.74) is 1.13. The van der Waals surface area contributed by atoms with Gasteiger partial charge in [-0.1, -0.05) is 6.07 Å². The van der Waals surface area contributed by atoms with Gasteiger partial charge in [-0.25, -0.2) is 14.4 Å². The van der Waals surface area contributed by atoms with Crippen molar-refractivity contribution in [3.8, 4) is 11.6 Å². The molecule has 29 heavy (non-hydrogen) atoms. The Hall–Kier alpha value is -3.20. The predicted molar refractivity (Wildman–Crippen MR) is 108 cm³/mol. The number of amides is 2. The van der Waals surface area contributed by atoms with Gasteiger partial charge < -0.3 is 14.6 Å². The molecular formula is C20H19FN4O3S. The van der Waals surface area contributed by atoms with E-state index >= 15 is 0 Å². The number of carbonyl (C=O) groups excluding carboxylic acids is 2. The lowest BCUT2D eigenvalue weighted by atomic mass is 10.2. The van der Waals surface area contributed by atoms with Gasteiger partial charge in [-0.15, -0.1) is 11.8 Å². The normalized spacial score (nSPS) is 10.6. The third kappa shape index (κ3) is 4.80. The third-order valence-corrected chi connectivity index (χ3v) is 4.72. The molecule has 9 heteroatoms. The molecule has 0 saturated heterocycles. The van der Waals surface area contributed by atoms with Crippen LogP contribution in [0.15, 0.2) is 52.1 Å². The van der Waals surface area contributed by atoms with Gasteiger partial charge in [0, 0.05) is 12.7 Å². The number of benzene rings is 1. The van der Waals surface area contributed by atoms with E-state index in [0.717, 1.165) is 0 Å². The number of aryl methyl sites for hydroxylation is 1. The van der Waals surface area contributed by atoms with Crippen molar-refractivity contribution in [2.45, 2.75) is 11.9 Å². The smallest absolute Gasteiger partial charge is 0.258 e. The van der Waals surface area contributed by atoms with Crippen molar-refractivity contribution < 1.29 is 18.4 Å². The fourth-order valence-corrected chi connectivity index (χ4v) is 3.32. The van der Waals surface area contributed by atoms with E-state index in [1.807, 2.05) is 0 Å². The van der Waals surface area contributed by atoms with Crippen LogP contribution in [0.25, 0.3) is 11.6 Å². The van der Waals surface area contributed by atoms with Crippen LogP contribution in [0.3, 0.4) is 0 Å². The highest BCUT2D eigenvalue weighted by molar-refractivity contribution is 7.98. The number of carbonyl (C=O) groups is 2. The number of rotatable bonds is 6. The van der Waals surface area contributed by atoms with Crippen molar-refractivity contribution >= 4 is 29.3 Å². The van der Waals surface area contributed by atoms with Crippen molar-refractivity contribution in [1.82, 2.24) is 14.9 Å². The molecule has 0 fully saturated rings. The van der Waals surface area contributed by atoms with Crippen LogP contribution in [0.2, 0.25) is 0 Å². The molecule has 0 aliphatic heterocycles. The van der Waals surface area contributed by atoms with E-state index in [9.17, 15) is 14.0 Å². The fraction of sp³-hybridized carbons (Fsp3) is 0.200. The number of thioether (sulfide) groups is 1. The Morgan fingerprint density at radius 1 is 1.24 bits per heavy atom. The molecule has 7 nitrogen and oxygen atoms in total. The second-order valence-corrected chi connectivity index (χ2v) is 7.01. The molecule has 2 aromatic heterocycles. The molecule has 1 N–H and O–H groups in total. The quantitative estimate of drug-likeness (QED) is 0.490. The molecule has 0 saturated carbocycles. The van der Waals surface area contributed by atoms with Crippen molar-refractivity contribution in [1.29, 1.82) is 0 Å². The molecule has 2 heterocycles. The van der Waals surface area contributed by atoms with E-state index in [-0.39, 0.29) is 12.5 Å². The number of halogens is 1. The summed E-state index contributed by atoms with van der Waals surface area (Å²) in [7, 11) is 1.51. The van der Waals surface area contributed by atoms with Gasteiger partial charge in [0.25, 0.3) is 5.91 Å². The number of anilines is 1. The van der Waals surface area contributed by atoms with Crippen LogP contribution in [-0.4, -0.2) is 46.5 Å². The van der Waals surface area contributed by atoms with Crippen LogP contribution in [0, 0.1) is 12.7 Å². The maximum Gasteiger partial charge on any atom is 0.258 e. The summed E-state index contributed by atoms with van der Waals surface area (Å²) >= 11 is 1.31. The van der Waals surface area contributed by atoms with E-state index in [4.69, 9.17) is 4.42 Å². The van der Waals surface area contributed by atoms with Crippen LogP contribution in [-0.2, 0) is 4.79 Å². The fourth-order valence-electron chi connectivity index (χ4n) is 2.70. The number of hydrogen-bond acceptors (Lipinski definition) is 6. The molecule has 0 atom stereocenters. The number of nitrogens with one attached hydrogen (secondary N) is 1. The first-order valence-corrected chi connectivity index (χ1v) is 9.89. The second kappa shape index (κ2) is 8.87. The Morgan fingerprint density at radius 3 is 2.69 bits per heavy atom. The van der Waals surface area contributed by atoms with Gasteiger partial charge in [0.05, 0.1) is 24.1 Å². The zero-order chi connectivity index (χ0) is 21.0. The van der Waals surface area contributed by atoms with Crippen LogP contribution in [0.4, 0.5) is 10.1 Å². The molecule has 0 unspecified atom stereocenters. The molecule has 0 bridgehead atoms. The Kier molecular flexibility index (Phi) is 6.28. The summed E-state index contributed by atoms with van der Waals surface area (Å²) < 4.78 is 18.6. The topological polar surface area (TPSA) is 88.3 Å². The van der Waals surface area contributed by atoms with Crippen LogP contribution in [0.5, 0.6) is 0 Å². The maximum absolute atomic E-state index is 13.3. The number of likely N-dealkylation sites (N-methyl/N-ethyl adjacent to an activating group) is 1. The zero-order valence-corrected chi connectivity index (χ0v) is 16.9. The molecule has 1 aromatic carbocycles. The molecule has 3 rings (SSSR count). The average Bonchev–Trinajstić information content (AvgIpc) is 3.21. The monoisotopic (exact) mass is 414 g/mol. The lowest BCUT2D eigenvalue weighted by Gasteiger charge is -2.19. The van der Waals surface area contributed by atoms with Gasteiger partial charge in [0.15, 0.2) is 11.6 Å². The molecule has 3 aromatic rings. The predicted octanol–water partition coefficient (Wildman–Crippen LogP) is 3.62. The highest BCUT2D eigenvalue weighted by Crippen LogP contribution is 2.26. The summed E-state index contributed by atoms with van der Waals surface area (Å²) in [6, 6.07) is 9.02. The van der Waals surface area contributed by atoms with Crippen LogP contribution >= 0.6 is 11.8 Å².